The lowest BCUT2D eigenvalue weighted by Gasteiger charge is -2.22. The van der Waals surface area contributed by atoms with Gasteiger partial charge < -0.3 is 5.32 Å². The zero-order valence-electron chi connectivity index (χ0n) is 13.7. The molecule has 1 saturated carbocycles. The van der Waals surface area contributed by atoms with Crippen molar-refractivity contribution in [1.29, 1.82) is 0 Å². The van der Waals surface area contributed by atoms with Crippen molar-refractivity contribution in [3.8, 4) is 0 Å². The van der Waals surface area contributed by atoms with E-state index in [-0.39, 0.29) is 0 Å². The van der Waals surface area contributed by atoms with Crippen LogP contribution in [-0.2, 0) is 0 Å². The number of hydrogen-bond donors (Lipinski definition) is 1. The minimum atomic E-state index is 0.591. The van der Waals surface area contributed by atoms with E-state index in [1.807, 2.05) is 0 Å². The summed E-state index contributed by atoms with van der Waals surface area (Å²) < 4.78 is 0. The van der Waals surface area contributed by atoms with Gasteiger partial charge in [-0.1, -0.05) is 58.7 Å². The predicted octanol–water partition coefficient (Wildman–Crippen LogP) is 5.83. The van der Waals surface area contributed by atoms with Gasteiger partial charge in [-0.2, -0.15) is 0 Å². The fourth-order valence-electron chi connectivity index (χ4n) is 3.49. The maximum atomic E-state index is 3.83. The topological polar surface area (TPSA) is 12.0 Å². The van der Waals surface area contributed by atoms with Crippen molar-refractivity contribution in [2.45, 2.75) is 71.8 Å². The normalized spacial score (nSPS) is 23.9. The summed E-state index contributed by atoms with van der Waals surface area (Å²) in [4.78, 5) is 0. The minimum Gasteiger partial charge on any atom is -0.382 e. The van der Waals surface area contributed by atoms with Crippen molar-refractivity contribution in [1.82, 2.24) is 0 Å². The lowest BCUT2D eigenvalue weighted by atomic mass is 9.89. The summed E-state index contributed by atoms with van der Waals surface area (Å²) in [5.41, 5.74) is 2.81. The molecule has 0 saturated heterocycles. The Labute approximate surface area is 125 Å². The van der Waals surface area contributed by atoms with Gasteiger partial charge in [0.1, 0.15) is 0 Å². The highest BCUT2D eigenvalue weighted by Gasteiger charge is 2.21. The molecule has 1 aliphatic rings. The molecule has 0 aliphatic heterocycles. The maximum absolute atomic E-state index is 3.83. The van der Waals surface area contributed by atoms with Gasteiger partial charge in [0, 0.05) is 11.7 Å². The molecule has 0 heterocycles. The van der Waals surface area contributed by atoms with Crippen molar-refractivity contribution >= 4 is 5.69 Å². The third-order valence-corrected chi connectivity index (χ3v) is 4.90. The number of hydrogen-bond acceptors (Lipinski definition) is 1. The van der Waals surface area contributed by atoms with Crippen LogP contribution in [0.3, 0.4) is 0 Å². The Hall–Kier alpha value is -0.980. The molecule has 1 aromatic rings. The van der Waals surface area contributed by atoms with E-state index >= 15 is 0 Å². The van der Waals surface area contributed by atoms with Crippen LogP contribution in [0.2, 0.25) is 0 Å². The van der Waals surface area contributed by atoms with Crippen LogP contribution in [0.4, 0.5) is 5.69 Å². The van der Waals surface area contributed by atoms with Crippen molar-refractivity contribution in [2.75, 3.05) is 5.32 Å². The lowest BCUT2D eigenvalue weighted by molar-refractivity contribution is 0.341. The van der Waals surface area contributed by atoms with Crippen LogP contribution in [0.1, 0.15) is 71.3 Å². The summed E-state index contributed by atoms with van der Waals surface area (Å²) in [5, 5.41) is 3.83. The molecule has 20 heavy (non-hydrogen) atoms. The Bertz CT molecular complexity index is 408. The SMILES string of the molecule is CC(C)c1ccccc1NC1CCCC(C(C)C)CC1. The van der Waals surface area contributed by atoms with Gasteiger partial charge in [-0.3, -0.25) is 0 Å². The van der Waals surface area contributed by atoms with E-state index in [2.05, 4.69) is 57.3 Å². The second kappa shape index (κ2) is 7.15. The standard InChI is InChI=1S/C19H31N/c1-14(2)16-8-7-9-17(13-12-16)20-19-11-6-5-10-18(19)15(3)4/h5-6,10-11,14-17,20H,7-9,12-13H2,1-4H3. The molecule has 2 unspecified atom stereocenters. The maximum Gasteiger partial charge on any atom is 0.0377 e. The largest absolute Gasteiger partial charge is 0.382 e. The van der Waals surface area contributed by atoms with E-state index in [1.165, 1.54) is 43.4 Å². The fraction of sp³-hybridized carbons (Fsp3) is 0.684. The van der Waals surface area contributed by atoms with Gasteiger partial charge in [-0.15, -0.1) is 0 Å². The summed E-state index contributed by atoms with van der Waals surface area (Å²) in [5.74, 6) is 2.37. The molecule has 0 amide bonds. The smallest absolute Gasteiger partial charge is 0.0377 e. The van der Waals surface area contributed by atoms with Gasteiger partial charge in [0.25, 0.3) is 0 Å². The van der Waals surface area contributed by atoms with E-state index in [1.54, 1.807) is 0 Å². The van der Waals surface area contributed by atoms with Gasteiger partial charge in [0.15, 0.2) is 0 Å². The molecule has 0 bridgehead atoms. The number of anilines is 1. The van der Waals surface area contributed by atoms with Crippen LogP contribution in [0.5, 0.6) is 0 Å². The summed E-state index contributed by atoms with van der Waals surface area (Å²) in [6.07, 6.45) is 6.84. The summed E-state index contributed by atoms with van der Waals surface area (Å²) in [7, 11) is 0. The molecule has 2 atom stereocenters. The molecule has 1 N–H and O–H groups in total. The first-order valence-corrected chi connectivity index (χ1v) is 8.43. The van der Waals surface area contributed by atoms with E-state index in [9.17, 15) is 0 Å². The summed E-state index contributed by atoms with van der Waals surface area (Å²) in [6.45, 7) is 9.32. The molecule has 0 aromatic heterocycles. The first kappa shape index (κ1) is 15.4. The van der Waals surface area contributed by atoms with Gasteiger partial charge in [0.2, 0.25) is 0 Å². The van der Waals surface area contributed by atoms with Crippen LogP contribution >= 0.6 is 0 Å². The minimum absolute atomic E-state index is 0.591. The van der Waals surface area contributed by atoms with Crippen LogP contribution in [0.25, 0.3) is 0 Å². The summed E-state index contributed by atoms with van der Waals surface area (Å²) in [6, 6.07) is 9.49. The zero-order valence-corrected chi connectivity index (χ0v) is 13.7. The predicted molar refractivity (Wildman–Crippen MR) is 89.4 cm³/mol. The van der Waals surface area contributed by atoms with Gasteiger partial charge in [-0.05, 0) is 48.6 Å². The Morgan fingerprint density at radius 3 is 2.40 bits per heavy atom. The molecular weight excluding hydrogens is 242 g/mol. The molecule has 2 rings (SSSR count). The molecule has 1 aliphatic carbocycles. The Kier molecular flexibility index (Phi) is 5.51. The molecule has 1 heteroatoms. The van der Waals surface area contributed by atoms with Crippen molar-refractivity contribution in [2.24, 2.45) is 11.8 Å². The second-order valence-corrected chi connectivity index (χ2v) is 7.10. The molecule has 1 fully saturated rings. The number of para-hydroxylation sites is 1. The first-order valence-electron chi connectivity index (χ1n) is 8.43. The van der Waals surface area contributed by atoms with E-state index < -0.39 is 0 Å². The monoisotopic (exact) mass is 273 g/mol. The van der Waals surface area contributed by atoms with E-state index in [0.29, 0.717) is 12.0 Å². The van der Waals surface area contributed by atoms with Gasteiger partial charge in [-0.25, -0.2) is 0 Å². The van der Waals surface area contributed by atoms with Crippen molar-refractivity contribution < 1.29 is 0 Å². The molecule has 1 aromatic carbocycles. The second-order valence-electron chi connectivity index (χ2n) is 7.10. The molecule has 0 spiro atoms. The van der Waals surface area contributed by atoms with Gasteiger partial charge >= 0.3 is 0 Å². The Balaban J connectivity index is 2.00. The quantitative estimate of drug-likeness (QED) is 0.681. The van der Waals surface area contributed by atoms with Crippen LogP contribution < -0.4 is 5.32 Å². The lowest BCUT2D eigenvalue weighted by Crippen LogP contribution is -2.19. The fourth-order valence-corrected chi connectivity index (χ4v) is 3.49. The van der Waals surface area contributed by atoms with Crippen molar-refractivity contribution in [3.63, 3.8) is 0 Å². The summed E-state index contributed by atoms with van der Waals surface area (Å²) >= 11 is 0. The number of nitrogens with one attached hydrogen (secondary N) is 1. The van der Waals surface area contributed by atoms with Crippen LogP contribution in [-0.4, -0.2) is 6.04 Å². The Morgan fingerprint density at radius 2 is 1.70 bits per heavy atom. The van der Waals surface area contributed by atoms with E-state index in [0.717, 1.165) is 11.8 Å². The third-order valence-electron chi connectivity index (χ3n) is 4.90. The number of benzene rings is 1. The highest BCUT2D eigenvalue weighted by molar-refractivity contribution is 5.53. The van der Waals surface area contributed by atoms with Crippen LogP contribution in [0.15, 0.2) is 24.3 Å². The highest BCUT2D eigenvalue weighted by Crippen LogP contribution is 2.31. The molecule has 0 radical (unpaired) electrons. The van der Waals surface area contributed by atoms with Gasteiger partial charge in [0.05, 0.1) is 0 Å². The average Bonchev–Trinajstić information content (AvgIpc) is 2.65. The molecule has 1 nitrogen and oxygen atoms in total. The highest BCUT2D eigenvalue weighted by atomic mass is 14.9. The zero-order chi connectivity index (χ0) is 14.5. The van der Waals surface area contributed by atoms with Crippen molar-refractivity contribution in [3.05, 3.63) is 29.8 Å². The van der Waals surface area contributed by atoms with E-state index in [4.69, 9.17) is 0 Å². The number of rotatable bonds is 4. The Morgan fingerprint density at radius 1 is 0.950 bits per heavy atom. The molecular formula is C19H31N. The van der Waals surface area contributed by atoms with Crippen LogP contribution in [0, 0.1) is 11.8 Å². The third kappa shape index (κ3) is 4.01. The average molecular weight is 273 g/mol. The first-order chi connectivity index (χ1) is 9.58. The molecule has 112 valence electrons.